The molecular formula is C14H18N2O3. The third kappa shape index (κ3) is 3.47. The summed E-state index contributed by atoms with van der Waals surface area (Å²) in [5.74, 6) is 0.183. The fourth-order valence-electron chi connectivity index (χ4n) is 1.71. The van der Waals surface area contributed by atoms with Gasteiger partial charge >= 0.3 is 5.97 Å². The topological polar surface area (TPSA) is 74.4 Å². The number of carbonyl (C=O) groups is 1. The number of nitrogens with zero attached hydrogens (tertiary/aromatic N) is 1. The molecule has 0 unspecified atom stereocenters. The fourth-order valence-corrected chi connectivity index (χ4v) is 1.71. The van der Waals surface area contributed by atoms with Gasteiger partial charge in [0.2, 0.25) is 0 Å². The lowest BCUT2D eigenvalue weighted by atomic mass is 9.96. The number of hydrogen-bond donors (Lipinski definition) is 1. The van der Waals surface area contributed by atoms with E-state index in [4.69, 9.17) is 15.2 Å². The van der Waals surface area contributed by atoms with Crippen molar-refractivity contribution in [2.75, 3.05) is 12.3 Å². The van der Waals surface area contributed by atoms with Crippen LogP contribution in [0, 0.1) is 0 Å². The van der Waals surface area contributed by atoms with Crippen LogP contribution in [0.25, 0.3) is 6.08 Å². The Morgan fingerprint density at radius 3 is 2.95 bits per heavy atom. The summed E-state index contributed by atoms with van der Waals surface area (Å²) in [7, 11) is 0. The largest absolute Gasteiger partial charge is 0.487 e. The first-order chi connectivity index (χ1) is 9.20. The summed E-state index contributed by atoms with van der Waals surface area (Å²) in [6.45, 7) is 2.11. The third-order valence-electron chi connectivity index (χ3n) is 3.01. The van der Waals surface area contributed by atoms with Crippen LogP contribution in [0.3, 0.4) is 0 Å². The average molecular weight is 262 g/mol. The molecule has 5 nitrogen and oxygen atoms in total. The number of carbonyl (C=O) groups excluding carboxylic acids is 1. The molecule has 2 rings (SSSR count). The van der Waals surface area contributed by atoms with E-state index in [1.807, 2.05) is 0 Å². The molecule has 0 radical (unpaired) electrons. The van der Waals surface area contributed by atoms with Gasteiger partial charge in [-0.1, -0.05) is 0 Å². The lowest BCUT2D eigenvalue weighted by molar-refractivity contribution is -0.137. The molecule has 1 aliphatic carbocycles. The molecule has 2 N–H and O–H groups in total. The van der Waals surface area contributed by atoms with Crippen LogP contribution in [0.5, 0.6) is 5.75 Å². The number of nitrogen functional groups attached to an aromatic ring is 1. The summed E-state index contributed by atoms with van der Waals surface area (Å²) in [5, 5.41) is 0. The number of esters is 1. The minimum absolute atomic E-state index is 0.244. The number of anilines is 1. The second-order valence-corrected chi connectivity index (χ2v) is 4.40. The molecule has 1 heterocycles. The van der Waals surface area contributed by atoms with E-state index < -0.39 is 5.97 Å². The second-order valence-electron chi connectivity index (χ2n) is 4.40. The van der Waals surface area contributed by atoms with Crippen LogP contribution in [-0.2, 0) is 9.53 Å². The van der Waals surface area contributed by atoms with E-state index in [2.05, 4.69) is 4.98 Å². The van der Waals surface area contributed by atoms with Gasteiger partial charge in [0.25, 0.3) is 0 Å². The van der Waals surface area contributed by atoms with Crippen LogP contribution >= 0.6 is 0 Å². The van der Waals surface area contributed by atoms with Crippen LogP contribution in [0.1, 0.15) is 31.7 Å². The van der Waals surface area contributed by atoms with E-state index in [1.165, 1.54) is 12.5 Å². The van der Waals surface area contributed by atoms with Gasteiger partial charge in [-0.05, 0) is 32.3 Å². The van der Waals surface area contributed by atoms with E-state index in [1.54, 1.807) is 25.4 Å². The van der Waals surface area contributed by atoms with Gasteiger partial charge in [-0.2, -0.15) is 0 Å². The molecule has 1 aliphatic rings. The van der Waals surface area contributed by atoms with Crippen molar-refractivity contribution in [2.45, 2.75) is 32.3 Å². The van der Waals surface area contributed by atoms with Crippen molar-refractivity contribution in [1.29, 1.82) is 0 Å². The normalized spacial score (nSPS) is 15.2. The summed E-state index contributed by atoms with van der Waals surface area (Å²) < 4.78 is 10.5. The Morgan fingerprint density at radius 1 is 1.53 bits per heavy atom. The number of hydrogen-bond acceptors (Lipinski definition) is 5. The van der Waals surface area contributed by atoms with E-state index in [0.29, 0.717) is 23.6 Å². The van der Waals surface area contributed by atoms with Gasteiger partial charge in [0.15, 0.2) is 5.75 Å². The van der Waals surface area contributed by atoms with E-state index in [0.717, 1.165) is 12.8 Å². The molecule has 1 saturated carbocycles. The van der Waals surface area contributed by atoms with Crippen molar-refractivity contribution in [3.63, 3.8) is 0 Å². The standard InChI is InChI=1S/C14H18N2O3/c1-2-18-13(17)7-6-10-8-16-9-12(14(10)15)19-11-4-3-5-11/h6-9,11H,2-5H2,1H3,(H2,15,16)/b7-6+. The first kappa shape index (κ1) is 13.4. The zero-order chi connectivity index (χ0) is 13.7. The molecular weight excluding hydrogens is 244 g/mol. The molecule has 0 bridgehead atoms. The molecule has 1 aromatic rings. The van der Waals surface area contributed by atoms with Crippen molar-refractivity contribution in [2.24, 2.45) is 0 Å². The zero-order valence-corrected chi connectivity index (χ0v) is 11.0. The Balaban J connectivity index is 2.07. The van der Waals surface area contributed by atoms with Crippen LogP contribution in [0.15, 0.2) is 18.5 Å². The summed E-state index contributed by atoms with van der Waals surface area (Å²) in [6.07, 6.45) is 9.69. The van der Waals surface area contributed by atoms with Crippen molar-refractivity contribution in [3.8, 4) is 5.75 Å². The molecule has 0 amide bonds. The monoisotopic (exact) mass is 262 g/mol. The number of ether oxygens (including phenoxy) is 2. The predicted molar refractivity (Wildman–Crippen MR) is 72.6 cm³/mol. The fraction of sp³-hybridized carbons (Fsp3) is 0.429. The highest BCUT2D eigenvalue weighted by atomic mass is 16.5. The minimum atomic E-state index is -0.396. The smallest absolute Gasteiger partial charge is 0.330 e. The van der Waals surface area contributed by atoms with E-state index in [-0.39, 0.29) is 6.10 Å². The van der Waals surface area contributed by atoms with Gasteiger partial charge in [-0.25, -0.2) is 4.79 Å². The molecule has 19 heavy (non-hydrogen) atoms. The highest BCUT2D eigenvalue weighted by Crippen LogP contribution is 2.30. The van der Waals surface area contributed by atoms with E-state index in [9.17, 15) is 4.79 Å². The molecule has 0 aliphatic heterocycles. The van der Waals surface area contributed by atoms with Crippen LogP contribution < -0.4 is 10.5 Å². The minimum Gasteiger partial charge on any atom is -0.487 e. The predicted octanol–water partition coefficient (Wildman–Crippen LogP) is 2.17. The second kappa shape index (κ2) is 6.22. The Hall–Kier alpha value is -2.04. The lowest BCUT2D eigenvalue weighted by Crippen LogP contribution is -2.25. The summed E-state index contributed by atoms with van der Waals surface area (Å²) in [5.41, 5.74) is 7.16. The van der Waals surface area contributed by atoms with Gasteiger partial charge in [-0.15, -0.1) is 0 Å². The highest BCUT2D eigenvalue weighted by Gasteiger charge is 2.20. The maximum absolute atomic E-state index is 11.2. The zero-order valence-electron chi connectivity index (χ0n) is 11.0. The Kier molecular flexibility index (Phi) is 4.39. The van der Waals surface area contributed by atoms with Crippen molar-refractivity contribution >= 4 is 17.7 Å². The Labute approximate surface area is 112 Å². The Morgan fingerprint density at radius 2 is 2.32 bits per heavy atom. The van der Waals surface area contributed by atoms with Crippen LogP contribution in [0.4, 0.5) is 5.69 Å². The number of nitrogens with two attached hydrogens (primary N) is 1. The van der Waals surface area contributed by atoms with Gasteiger partial charge in [0, 0.05) is 17.8 Å². The van der Waals surface area contributed by atoms with Gasteiger partial charge in [0.1, 0.15) is 0 Å². The molecule has 102 valence electrons. The van der Waals surface area contributed by atoms with Gasteiger partial charge in [-0.3, -0.25) is 4.98 Å². The summed E-state index contributed by atoms with van der Waals surface area (Å²) >= 11 is 0. The maximum Gasteiger partial charge on any atom is 0.330 e. The summed E-state index contributed by atoms with van der Waals surface area (Å²) in [6, 6.07) is 0. The Bertz CT molecular complexity index is 482. The molecule has 1 fully saturated rings. The lowest BCUT2D eigenvalue weighted by Gasteiger charge is -2.26. The molecule has 1 aromatic heterocycles. The van der Waals surface area contributed by atoms with Gasteiger partial charge in [0.05, 0.1) is 24.6 Å². The molecule has 5 heteroatoms. The van der Waals surface area contributed by atoms with Crippen LogP contribution in [0.2, 0.25) is 0 Å². The summed E-state index contributed by atoms with van der Waals surface area (Å²) in [4.78, 5) is 15.3. The van der Waals surface area contributed by atoms with E-state index >= 15 is 0 Å². The molecule has 0 atom stereocenters. The first-order valence-corrected chi connectivity index (χ1v) is 6.45. The van der Waals surface area contributed by atoms with Crippen molar-refractivity contribution in [1.82, 2.24) is 4.98 Å². The maximum atomic E-state index is 11.2. The van der Waals surface area contributed by atoms with Crippen molar-refractivity contribution < 1.29 is 14.3 Å². The number of aromatic nitrogens is 1. The molecule has 0 aromatic carbocycles. The quantitative estimate of drug-likeness (QED) is 0.650. The average Bonchev–Trinajstić information content (AvgIpc) is 2.34. The SMILES string of the molecule is CCOC(=O)/C=C/c1cncc(OC2CCC2)c1N. The third-order valence-corrected chi connectivity index (χ3v) is 3.01. The van der Waals surface area contributed by atoms with Crippen molar-refractivity contribution in [3.05, 3.63) is 24.0 Å². The number of pyridine rings is 1. The highest BCUT2D eigenvalue weighted by molar-refractivity contribution is 5.88. The molecule has 0 spiro atoms. The van der Waals surface area contributed by atoms with Gasteiger partial charge < -0.3 is 15.2 Å². The molecule has 0 saturated heterocycles. The number of rotatable bonds is 5. The van der Waals surface area contributed by atoms with Crippen LogP contribution in [-0.4, -0.2) is 23.7 Å². The first-order valence-electron chi connectivity index (χ1n) is 6.45.